The number of nitrogens with one attached hydrogen (secondary N) is 1. The van der Waals surface area contributed by atoms with E-state index in [1.165, 1.54) is 0 Å². The molecule has 0 aliphatic rings. The van der Waals surface area contributed by atoms with Gasteiger partial charge in [-0.25, -0.2) is 0 Å². The van der Waals surface area contributed by atoms with Gasteiger partial charge in [0.1, 0.15) is 6.61 Å². The molecule has 7 heteroatoms. The molecule has 1 N–H and O–H groups in total. The molecule has 0 unspecified atom stereocenters. The number of hydrogen-bond acceptors (Lipinski definition) is 3. The second-order valence-electron chi connectivity index (χ2n) is 6.00. The molecular formula is C21H17BrCl2INO2. The first-order valence-corrected chi connectivity index (χ1v) is 11.0. The lowest BCUT2D eigenvalue weighted by Crippen LogP contribution is -2.04. The minimum Gasteiger partial charge on any atom is -0.493 e. The number of benzene rings is 3. The van der Waals surface area contributed by atoms with Crippen molar-refractivity contribution >= 4 is 67.4 Å². The number of hydrogen-bond donors (Lipinski definition) is 1. The van der Waals surface area contributed by atoms with E-state index in [-0.39, 0.29) is 0 Å². The number of rotatable bonds is 7. The first-order valence-electron chi connectivity index (χ1n) is 8.39. The van der Waals surface area contributed by atoms with Gasteiger partial charge in [0, 0.05) is 16.0 Å². The van der Waals surface area contributed by atoms with Crippen LogP contribution >= 0.6 is 61.7 Å². The molecule has 0 heterocycles. The van der Waals surface area contributed by atoms with Gasteiger partial charge >= 0.3 is 0 Å². The van der Waals surface area contributed by atoms with Crippen LogP contribution in [0.1, 0.15) is 11.1 Å². The summed E-state index contributed by atoms with van der Waals surface area (Å²) in [7, 11) is 1.64. The summed E-state index contributed by atoms with van der Waals surface area (Å²) in [6.45, 7) is 1.07. The van der Waals surface area contributed by atoms with Gasteiger partial charge in [0.15, 0.2) is 11.5 Å². The Hall–Kier alpha value is -1.15. The number of halogens is 4. The summed E-state index contributed by atoms with van der Waals surface area (Å²) >= 11 is 17.9. The third-order valence-corrected chi connectivity index (χ3v) is 5.88. The Labute approximate surface area is 196 Å². The predicted octanol–water partition coefficient (Wildman–Crippen LogP) is 7.56. The van der Waals surface area contributed by atoms with E-state index >= 15 is 0 Å². The quantitative estimate of drug-likeness (QED) is 0.287. The number of methoxy groups -OCH3 is 1. The molecular weight excluding hydrogens is 576 g/mol. The number of ether oxygens (including phenoxy) is 2. The van der Waals surface area contributed by atoms with E-state index in [9.17, 15) is 0 Å². The lowest BCUT2D eigenvalue weighted by Gasteiger charge is -2.15. The van der Waals surface area contributed by atoms with E-state index in [1.54, 1.807) is 19.2 Å². The molecule has 3 aromatic carbocycles. The molecule has 0 radical (unpaired) electrons. The fourth-order valence-corrected chi connectivity index (χ4v) is 4.14. The van der Waals surface area contributed by atoms with E-state index in [2.05, 4.69) is 49.9 Å². The normalized spacial score (nSPS) is 10.6. The van der Waals surface area contributed by atoms with Crippen molar-refractivity contribution < 1.29 is 9.47 Å². The van der Waals surface area contributed by atoms with Crippen molar-refractivity contribution in [1.29, 1.82) is 0 Å². The van der Waals surface area contributed by atoms with E-state index in [0.29, 0.717) is 28.9 Å². The lowest BCUT2D eigenvalue weighted by atomic mass is 10.2. The second-order valence-corrected chi connectivity index (χ2v) is 8.92. The van der Waals surface area contributed by atoms with Crippen LogP contribution in [0.5, 0.6) is 11.5 Å². The molecule has 0 amide bonds. The van der Waals surface area contributed by atoms with Gasteiger partial charge in [-0.2, -0.15) is 0 Å². The molecule has 3 aromatic rings. The van der Waals surface area contributed by atoms with Crippen LogP contribution in [0.4, 0.5) is 5.69 Å². The molecule has 146 valence electrons. The van der Waals surface area contributed by atoms with Gasteiger partial charge in [0.25, 0.3) is 0 Å². The van der Waals surface area contributed by atoms with Crippen LogP contribution in [0.25, 0.3) is 0 Å². The highest BCUT2D eigenvalue weighted by atomic mass is 127. The Balaban J connectivity index is 1.72. The van der Waals surface area contributed by atoms with Crippen molar-refractivity contribution in [2.24, 2.45) is 0 Å². The Morgan fingerprint density at radius 3 is 2.43 bits per heavy atom. The van der Waals surface area contributed by atoms with Crippen LogP contribution in [-0.4, -0.2) is 7.11 Å². The smallest absolute Gasteiger partial charge is 0.174 e. The maximum absolute atomic E-state index is 6.22. The van der Waals surface area contributed by atoms with Crippen LogP contribution in [0.2, 0.25) is 10.0 Å². The summed E-state index contributed by atoms with van der Waals surface area (Å²) in [5.74, 6) is 1.43. The Kier molecular flexibility index (Phi) is 7.74. The molecule has 0 aliphatic carbocycles. The fraction of sp³-hybridized carbons (Fsp3) is 0.143. The van der Waals surface area contributed by atoms with Gasteiger partial charge in [0.2, 0.25) is 0 Å². The average molecular weight is 593 g/mol. The molecule has 3 nitrogen and oxygen atoms in total. The average Bonchev–Trinajstić information content (AvgIpc) is 2.67. The van der Waals surface area contributed by atoms with Crippen LogP contribution in [-0.2, 0) is 13.2 Å². The largest absolute Gasteiger partial charge is 0.493 e. The Bertz CT molecular complexity index is 967. The molecule has 0 aromatic heterocycles. The Morgan fingerprint density at radius 1 is 1.00 bits per heavy atom. The summed E-state index contributed by atoms with van der Waals surface area (Å²) in [6.07, 6.45) is 0. The van der Waals surface area contributed by atoms with E-state index in [0.717, 1.165) is 30.6 Å². The molecule has 0 atom stereocenters. The number of anilines is 1. The van der Waals surface area contributed by atoms with Crippen molar-refractivity contribution in [1.82, 2.24) is 0 Å². The van der Waals surface area contributed by atoms with Gasteiger partial charge in [-0.15, -0.1) is 0 Å². The summed E-state index contributed by atoms with van der Waals surface area (Å²) in [5, 5.41) is 4.52. The van der Waals surface area contributed by atoms with E-state index in [4.69, 9.17) is 32.7 Å². The second kappa shape index (κ2) is 10.1. The first-order chi connectivity index (χ1) is 13.5. The lowest BCUT2D eigenvalue weighted by molar-refractivity contribution is 0.282. The SMILES string of the molecule is COc1cc(CNc2ccc(Cl)cc2Cl)cc(I)c1OCc1ccc(Br)cc1. The highest BCUT2D eigenvalue weighted by Crippen LogP contribution is 2.35. The van der Waals surface area contributed by atoms with Crippen LogP contribution in [0.3, 0.4) is 0 Å². The van der Waals surface area contributed by atoms with E-state index in [1.807, 2.05) is 36.4 Å². The predicted molar refractivity (Wildman–Crippen MR) is 128 cm³/mol. The van der Waals surface area contributed by atoms with Gasteiger partial charge in [-0.1, -0.05) is 51.3 Å². The molecule has 0 saturated heterocycles. The Morgan fingerprint density at radius 2 is 1.75 bits per heavy atom. The van der Waals surface area contributed by atoms with Gasteiger partial charge in [-0.05, 0) is 76.2 Å². The van der Waals surface area contributed by atoms with Crippen LogP contribution in [0.15, 0.2) is 59.1 Å². The summed E-state index contributed by atoms with van der Waals surface area (Å²) in [5.41, 5.74) is 2.98. The zero-order valence-corrected chi connectivity index (χ0v) is 20.2. The highest BCUT2D eigenvalue weighted by molar-refractivity contribution is 14.1. The monoisotopic (exact) mass is 591 g/mol. The summed E-state index contributed by atoms with van der Waals surface area (Å²) < 4.78 is 13.6. The van der Waals surface area contributed by atoms with Gasteiger partial charge in [-0.3, -0.25) is 0 Å². The van der Waals surface area contributed by atoms with Crippen LogP contribution < -0.4 is 14.8 Å². The molecule has 0 bridgehead atoms. The topological polar surface area (TPSA) is 30.5 Å². The zero-order valence-electron chi connectivity index (χ0n) is 14.9. The summed E-state index contributed by atoms with van der Waals surface area (Å²) in [4.78, 5) is 0. The van der Waals surface area contributed by atoms with Gasteiger partial charge in [0.05, 0.1) is 21.4 Å². The third-order valence-electron chi connectivity index (χ3n) is 4.00. The molecule has 0 fully saturated rings. The minimum atomic E-state index is 0.470. The molecule has 0 aliphatic heterocycles. The van der Waals surface area contributed by atoms with Crippen molar-refractivity contribution in [3.8, 4) is 11.5 Å². The van der Waals surface area contributed by atoms with Crippen molar-refractivity contribution in [2.75, 3.05) is 12.4 Å². The molecule has 0 saturated carbocycles. The summed E-state index contributed by atoms with van der Waals surface area (Å²) in [6, 6.07) is 17.5. The molecule has 0 spiro atoms. The third kappa shape index (κ3) is 5.69. The molecule has 3 rings (SSSR count). The maximum atomic E-state index is 6.22. The minimum absolute atomic E-state index is 0.470. The first kappa shape index (κ1) is 21.6. The maximum Gasteiger partial charge on any atom is 0.174 e. The van der Waals surface area contributed by atoms with Crippen molar-refractivity contribution in [3.05, 3.63) is 83.8 Å². The molecule has 28 heavy (non-hydrogen) atoms. The van der Waals surface area contributed by atoms with Crippen LogP contribution in [0, 0.1) is 3.57 Å². The van der Waals surface area contributed by atoms with Crippen molar-refractivity contribution in [2.45, 2.75) is 13.2 Å². The highest BCUT2D eigenvalue weighted by Gasteiger charge is 2.12. The van der Waals surface area contributed by atoms with Crippen molar-refractivity contribution in [3.63, 3.8) is 0 Å². The van der Waals surface area contributed by atoms with E-state index < -0.39 is 0 Å². The van der Waals surface area contributed by atoms with Gasteiger partial charge < -0.3 is 14.8 Å². The standard InChI is InChI=1S/C21H17BrCl2INO2/c1-27-20-9-14(11-26-19-7-6-16(23)10-17(19)24)8-18(25)21(20)28-12-13-2-4-15(22)5-3-13/h2-10,26H,11-12H2,1H3. The fourth-order valence-electron chi connectivity index (χ4n) is 2.58. The zero-order chi connectivity index (χ0) is 20.1.